The lowest BCUT2D eigenvalue weighted by molar-refractivity contribution is -0.141. The Hall–Kier alpha value is -1.76. The van der Waals surface area contributed by atoms with Crippen LogP contribution in [0.4, 0.5) is 0 Å². The van der Waals surface area contributed by atoms with Crippen molar-refractivity contribution in [2.24, 2.45) is 0 Å². The van der Waals surface area contributed by atoms with E-state index in [1.165, 1.54) is 34.9 Å². The summed E-state index contributed by atoms with van der Waals surface area (Å²) in [6.07, 6.45) is 1.59. The molecule has 2 rings (SSSR count). The van der Waals surface area contributed by atoms with Gasteiger partial charge in [0.05, 0.1) is 5.37 Å². The number of carbonyl (C=O) groups excluding carboxylic acids is 1. The summed E-state index contributed by atoms with van der Waals surface area (Å²) in [5.41, 5.74) is -0.242. The molecule has 7 heteroatoms. The number of aliphatic carboxylic acids is 1. The maximum absolute atomic E-state index is 12.5. The van der Waals surface area contributed by atoms with Crippen LogP contribution in [0.3, 0.4) is 0 Å². The van der Waals surface area contributed by atoms with E-state index in [4.69, 9.17) is 0 Å². The summed E-state index contributed by atoms with van der Waals surface area (Å²) in [5, 5.41) is 9.09. The van der Waals surface area contributed by atoms with Gasteiger partial charge in [-0.3, -0.25) is 9.59 Å². The second-order valence-electron chi connectivity index (χ2n) is 4.57. The van der Waals surface area contributed by atoms with Crippen molar-refractivity contribution in [2.75, 3.05) is 5.75 Å². The Morgan fingerprint density at radius 3 is 2.85 bits per heavy atom. The lowest BCUT2D eigenvalue weighted by Crippen LogP contribution is -2.46. The average Bonchev–Trinajstić information content (AvgIpc) is 2.82. The molecule has 1 aliphatic rings. The minimum atomic E-state index is -1.01. The van der Waals surface area contributed by atoms with Gasteiger partial charge in [-0.1, -0.05) is 19.4 Å². The molecule has 0 radical (unpaired) electrons. The maximum Gasteiger partial charge on any atom is 0.327 e. The predicted octanol–water partition coefficient (Wildman–Crippen LogP) is 1.14. The van der Waals surface area contributed by atoms with Crippen LogP contribution in [0.1, 0.15) is 30.3 Å². The van der Waals surface area contributed by atoms with E-state index in [9.17, 15) is 19.5 Å². The molecule has 108 valence electrons. The number of aromatic nitrogens is 1. The second-order valence-corrected chi connectivity index (χ2v) is 5.78. The highest BCUT2D eigenvalue weighted by Crippen LogP contribution is 2.33. The third-order valence-electron chi connectivity index (χ3n) is 3.15. The van der Waals surface area contributed by atoms with Gasteiger partial charge in [0.15, 0.2) is 0 Å². The lowest BCUT2D eigenvalue weighted by atomic mass is 10.2. The summed E-state index contributed by atoms with van der Waals surface area (Å²) in [4.78, 5) is 38.9. The maximum atomic E-state index is 12.5. The van der Waals surface area contributed by atoms with Crippen LogP contribution in [-0.2, 0) is 4.79 Å². The van der Waals surface area contributed by atoms with Crippen molar-refractivity contribution < 1.29 is 14.7 Å². The van der Waals surface area contributed by atoms with Gasteiger partial charge in [-0.05, 0) is 12.5 Å². The first-order chi connectivity index (χ1) is 9.54. The van der Waals surface area contributed by atoms with E-state index in [-0.39, 0.29) is 16.6 Å². The largest absolute Gasteiger partial charge is 0.480 e. The molecular formula is C13H16N2O4S. The van der Waals surface area contributed by atoms with Crippen LogP contribution >= 0.6 is 11.8 Å². The number of hydrogen-bond acceptors (Lipinski definition) is 4. The molecule has 1 aromatic heterocycles. The Morgan fingerprint density at radius 1 is 1.50 bits per heavy atom. The van der Waals surface area contributed by atoms with Crippen LogP contribution in [0, 0.1) is 0 Å². The van der Waals surface area contributed by atoms with Crippen LogP contribution in [0.25, 0.3) is 0 Å². The number of carboxylic acids is 1. The van der Waals surface area contributed by atoms with Gasteiger partial charge in [0.2, 0.25) is 5.56 Å². The highest BCUT2D eigenvalue weighted by molar-refractivity contribution is 8.00. The van der Waals surface area contributed by atoms with Gasteiger partial charge in [0.25, 0.3) is 5.91 Å². The Balaban J connectivity index is 2.31. The Labute approximate surface area is 120 Å². The van der Waals surface area contributed by atoms with Crippen LogP contribution in [0.5, 0.6) is 0 Å². The normalized spacial score (nSPS) is 21.9. The van der Waals surface area contributed by atoms with E-state index in [2.05, 4.69) is 4.98 Å². The molecule has 0 bridgehead atoms. The van der Waals surface area contributed by atoms with Gasteiger partial charge >= 0.3 is 5.97 Å². The summed E-state index contributed by atoms with van der Waals surface area (Å²) in [6.45, 7) is 1.99. The molecule has 1 aromatic rings. The molecule has 0 spiro atoms. The van der Waals surface area contributed by atoms with Gasteiger partial charge in [0, 0.05) is 11.8 Å². The van der Waals surface area contributed by atoms with Gasteiger partial charge in [-0.15, -0.1) is 11.8 Å². The van der Waals surface area contributed by atoms with Crippen molar-refractivity contribution in [3.05, 3.63) is 34.2 Å². The number of carbonyl (C=O) groups is 2. The zero-order valence-corrected chi connectivity index (χ0v) is 11.9. The zero-order valence-electron chi connectivity index (χ0n) is 11.0. The van der Waals surface area contributed by atoms with Gasteiger partial charge in [-0.2, -0.15) is 0 Å². The lowest BCUT2D eigenvalue weighted by Gasteiger charge is -2.27. The molecular weight excluding hydrogens is 280 g/mol. The van der Waals surface area contributed by atoms with Crippen molar-refractivity contribution in [1.29, 1.82) is 0 Å². The van der Waals surface area contributed by atoms with E-state index < -0.39 is 17.9 Å². The fourth-order valence-electron chi connectivity index (χ4n) is 2.21. The SMILES string of the molecule is CCCC1SCC(C(=O)O)N1C(=O)c1cccc(=O)[nH]1. The summed E-state index contributed by atoms with van der Waals surface area (Å²) in [5.74, 6) is -1.07. The minimum absolute atomic E-state index is 0.132. The number of amides is 1. The molecule has 1 fully saturated rings. The van der Waals surface area contributed by atoms with Crippen molar-refractivity contribution >= 4 is 23.6 Å². The number of carboxylic acid groups (broad SMARTS) is 1. The monoisotopic (exact) mass is 296 g/mol. The third-order valence-corrected chi connectivity index (χ3v) is 4.50. The standard InChI is InChI=1S/C13H16N2O4S/c1-2-4-11-15(9(7-20-11)13(18)19)12(17)8-5-3-6-10(16)14-8/h3,5-6,9,11H,2,4,7H2,1H3,(H,14,16)(H,18,19). The highest BCUT2D eigenvalue weighted by atomic mass is 32.2. The molecule has 20 heavy (non-hydrogen) atoms. The minimum Gasteiger partial charge on any atom is -0.480 e. The second kappa shape index (κ2) is 6.13. The first-order valence-electron chi connectivity index (χ1n) is 6.41. The number of aromatic amines is 1. The Morgan fingerprint density at radius 2 is 2.25 bits per heavy atom. The van der Waals surface area contributed by atoms with Gasteiger partial charge in [0.1, 0.15) is 11.7 Å². The predicted molar refractivity (Wildman–Crippen MR) is 75.8 cm³/mol. The van der Waals surface area contributed by atoms with Gasteiger partial charge < -0.3 is 15.0 Å². The molecule has 0 aromatic carbocycles. The van der Waals surface area contributed by atoms with Crippen molar-refractivity contribution in [3.8, 4) is 0 Å². The number of pyridine rings is 1. The molecule has 2 heterocycles. The zero-order chi connectivity index (χ0) is 14.7. The Kier molecular flexibility index (Phi) is 4.49. The summed E-state index contributed by atoms with van der Waals surface area (Å²) in [6, 6.07) is 3.45. The molecule has 2 N–H and O–H groups in total. The number of H-pyrrole nitrogens is 1. The number of thioether (sulfide) groups is 1. The van der Waals surface area contributed by atoms with Crippen LogP contribution in [0.15, 0.2) is 23.0 Å². The van der Waals surface area contributed by atoms with Crippen molar-refractivity contribution in [1.82, 2.24) is 9.88 Å². The molecule has 1 amide bonds. The molecule has 0 saturated carbocycles. The van der Waals surface area contributed by atoms with E-state index in [0.29, 0.717) is 5.75 Å². The number of nitrogens with one attached hydrogen (secondary N) is 1. The highest BCUT2D eigenvalue weighted by Gasteiger charge is 2.41. The van der Waals surface area contributed by atoms with Crippen molar-refractivity contribution in [2.45, 2.75) is 31.2 Å². The van der Waals surface area contributed by atoms with Crippen LogP contribution in [0.2, 0.25) is 0 Å². The molecule has 2 atom stereocenters. The van der Waals surface area contributed by atoms with Crippen LogP contribution < -0.4 is 5.56 Å². The number of hydrogen-bond donors (Lipinski definition) is 2. The molecule has 1 aliphatic heterocycles. The quantitative estimate of drug-likeness (QED) is 0.869. The smallest absolute Gasteiger partial charge is 0.327 e. The number of rotatable bonds is 4. The van der Waals surface area contributed by atoms with E-state index >= 15 is 0 Å². The number of nitrogens with zero attached hydrogens (tertiary/aromatic N) is 1. The molecule has 0 aliphatic carbocycles. The molecule has 2 unspecified atom stereocenters. The first kappa shape index (κ1) is 14.6. The van der Waals surface area contributed by atoms with E-state index in [1.54, 1.807) is 0 Å². The van der Waals surface area contributed by atoms with E-state index in [0.717, 1.165) is 12.8 Å². The first-order valence-corrected chi connectivity index (χ1v) is 7.46. The molecule has 1 saturated heterocycles. The summed E-state index contributed by atoms with van der Waals surface area (Å²) >= 11 is 1.47. The fraction of sp³-hybridized carbons (Fsp3) is 0.462. The van der Waals surface area contributed by atoms with Crippen LogP contribution in [-0.4, -0.2) is 44.0 Å². The summed E-state index contributed by atoms with van der Waals surface area (Å²) in [7, 11) is 0. The van der Waals surface area contributed by atoms with E-state index in [1.807, 2.05) is 6.92 Å². The summed E-state index contributed by atoms with van der Waals surface area (Å²) < 4.78 is 0. The third kappa shape index (κ3) is 2.87. The van der Waals surface area contributed by atoms with Crippen molar-refractivity contribution in [3.63, 3.8) is 0 Å². The van der Waals surface area contributed by atoms with Gasteiger partial charge in [-0.25, -0.2) is 4.79 Å². The fourth-order valence-corrected chi connectivity index (χ4v) is 3.72. The molecule has 6 nitrogen and oxygen atoms in total. The topological polar surface area (TPSA) is 90.5 Å². The Bertz CT molecular complexity index is 571. The average molecular weight is 296 g/mol.